The zero-order chi connectivity index (χ0) is 22.0. The number of nitrogens with zero attached hydrogens (tertiary/aromatic N) is 2. The largest absolute Gasteiger partial charge is 0.491 e. The molecule has 2 aromatic rings. The van der Waals surface area contributed by atoms with E-state index in [0.29, 0.717) is 17.1 Å². The average molecular weight is 450 g/mol. The van der Waals surface area contributed by atoms with Crippen LogP contribution in [0.2, 0.25) is 10.0 Å². The minimum atomic E-state index is -1.02. The molecule has 0 atom stereocenters. The lowest BCUT2D eigenvalue weighted by molar-refractivity contribution is -0.384. The van der Waals surface area contributed by atoms with Crippen molar-refractivity contribution in [2.45, 2.75) is 6.92 Å². The molecule has 0 radical (unpaired) electrons. The number of nitro benzene ring substituents is 1. The van der Waals surface area contributed by atoms with Gasteiger partial charge in [-0.1, -0.05) is 29.3 Å². The molecule has 154 valence electrons. The highest BCUT2D eigenvalue weighted by molar-refractivity contribution is 6.40. The lowest BCUT2D eigenvalue weighted by Crippen LogP contribution is -2.54. The summed E-state index contributed by atoms with van der Waals surface area (Å²) < 4.78 is 5.34. The molecule has 0 unspecified atom stereocenters. The fraction of sp³-hybridized carbons (Fsp3) is 0.105. The number of carbonyl (C=O) groups excluding carboxylic acids is 3. The Hall–Kier alpha value is -3.43. The Morgan fingerprint density at radius 2 is 1.83 bits per heavy atom. The van der Waals surface area contributed by atoms with Crippen LogP contribution in [0.5, 0.6) is 5.75 Å². The Bertz CT molecular complexity index is 1090. The van der Waals surface area contributed by atoms with Gasteiger partial charge in [0.2, 0.25) is 0 Å². The van der Waals surface area contributed by atoms with E-state index in [2.05, 4.69) is 0 Å². The molecule has 0 spiro atoms. The van der Waals surface area contributed by atoms with Gasteiger partial charge in [-0.25, -0.2) is 9.69 Å². The summed E-state index contributed by atoms with van der Waals surface area (Å²) in [6.45, 7) is 2.09. The van der Waals surface area contributed by atoms with Crippen LogP contribution >= 0.6 is 23.2 Å². The van der Waals surface area contributed by atoms with Crippen LogP contribution in [-0.4, -0.2) is 29.4 Å². The predicted molar refractivity (Wildman–Crippen MR) is 110 cm³/mol. The minimum absolute atomic E-state index is 0.0622. The number of amides is 4. The molecule has 1 fully saturated rings. The van der Waals surface area contributed by atoms with Crippen molar-refractivity contribution in [3.63, 3.8) is 0 Å². The number of carbonyl (C=O) groups is 3. The number of benzene rings is 2. The summed E-state index contributed by atoms with van der Waals surface area (Å²) in [5.41, 5.74) is -0.439. The monoisotopic (exact) mass is 449 g/mol. The molecular formula is C19H13Cl2N3O6. The van der Waals surface area contributed by atoms with Crippen molar-refractivity contribution < 1.29 is 24.0 Å². The second-order valence-electron chi connectivity index (χ2n) is 5.98. The molecule has 1 aliphatic heterocycles. The van der Waals surface area contributed by atoms with Crippen molar-refractivity contribution in [3.05, 3.63) is 67.7 Å². The summed E-state index contributed by atoms with van der Waals surface area (Å²) in [6, 6.07) is 6.78. The molecule has 0 bridgehead atoms. The van der Waals surface area contributed by atoms with Crippen LogP contribution in [0.1, 0.15) is 12.5 Å². The number of rotatable bonds is 5. The summed E-state index contributed by atoms with van der Waals surface area (Å²) >= 11 is 12.3. The molecule has 9 nitrogen and oxygen atoms in total. The molecule has 1 N–H and O–H groups in total. The smallest absolute Gasteiger partial charge is 0.335 e. The Morgan fingerprint density at radius 3 is 2.43 bits per heavy atom. The maximum atomic E-state index is 12.9. The number of nitrogens with one attached hydrogen (secondary N) is 1. The van der Waals surface area contributed by atoms with Crippen molar-refractivity contribution in [1.29, 1.82) is 0 Å². The van der Waals surface area contributed by atoms with Crippen LogP contribution in [0.3, 0.4) is 0 Å². The highest BCUT2D eigenvalue weighted by Crippen LogP contribution is 2.35. The summed E-state index contributed by atoms with van der Waals surface area (Å²) in [4.78, 5) is 48.4. The highest BCUT2D eigenvalue weighted by atomic mass is 35.5. The van der Waals surface area contributed by atoms with Gasteiger partial charge >= 0.3 is 6.03 Å². The number of barbiturate groups is 1. The van der Waals surface area contributed by atoms with Gasteiger partial charge < -0.3 is 4.74 Å². The molecule has 3 rings (SSSR count). The third-order valence-corrected chi connectivity index (χ3v) is 4.58. The van der Waals surface area contributed by atoms with Crippen molar-refractivity contribution in [1.82, 2.24) is 5.32 Å². The number of hydrogen-bond donors (Lipinski definition) is 1. The van der Waals surface area contributed by atoms with Gasteiger partial charge in [0.25, 0.3) is 17.5 Å². The van der Waals surface area contributed by atoms with Crippen molar-refractivity contribution in [2.24, 2.45) is 0 Å². The second kappa shape index (κ2) is 8.52. The number of halogens is 2. The Morgan fingerprint density at radius 1 is 1.17 bits per heavy atom. The molecule has 0 saturated carbocycles. The molecule has 0 aromatic heterocycles. The Labute approximate surface area is 180 Å². The maximum Gasteiger partial charge on any atom is 0.335 e. The Kier molecular flexibility index (Phi) is 6.04. The first kappa shape index (κ1) is 21.3. The average Bonchev–Trinajstić information content (AvgIpc) is 2.68. The van der Waals surface area contributed by atoms with E-state index < -0.39 is 22.8 Å². The molecule has 2 aromatic carbocycles. The maximum absolute atomic E-state index is 12.9. The van der Waals surface area contributed by atoms with Crippen LogP contribution in [0.25, 0.3) is 6.08 Å². The molecule has 30 heavy (non-hydrogen) atoms. The summed E-state index contributed by atoms with van der Waals surface area (Å²) in [5, 5.41) is 13.4. The van der Waals surface area contributed by atoms with Crippen LogP contribution < -0.4 is 15.0 Å². The Balaban J connectivity index is 2.03. The number of hydrogen-bond acceptors (Lipinski definition) is 6. The molecule has 0 aliphatic carbocycles. The van der Waals surface area contributed by atoms with Gasteiger partial charge in [-0.2, -0.15) is 0 Å². The predicted octanol–water partition coefficient (Wildman–Crippen LogP) is 3.97. The van der Waals surface area contributed by atoms with Crippen LogP contribution in [0, 0.1) is 10.1 Å². The van der Waals surface area contributed by atoms with Gasteiger partial charge in [0, 0.05) is 12.1 Å². The fourth-order valence-corrected chi connectivity index (χ4v) is 3.36. The normalized spacial score (nSPS) is 15.4. The SMILES string of the molecule is CCOc1c(Cl)cc(C=C2C(=O)NC(=O)N(c3cccc([N+](=O)[O-])c3)C2=O)cc1Cl. The van der Waals surface area contributed by atoms with Gasteiger partial charge in [-0.05, 0) is 36.8 Å². The first-order chi connectivity index (χ1) is 14.2. The molecule has 11 heteroatoms. The van der Waals surface area contributed by atoms with E-state index >= 15 is 0 Å². The third kappa shape index (κ3) is 4.12. The zero-order valence-corrected chi connectivity index (χ0v) is 16.9. The van der Waals surface area contributed by atoms with Gasteiger partial charge in [0.15, 0.2) is 5.75 Å². The summed E-state index contributed by atoms with van der Waals surface area (Å²) in [6.07, 6.45) is 1.21. The zero-order valence-electron chi connectivity index (χ0n) is 15.3. The van der Waals surface area contributed by atoms with E-state index in [4.69, 9.17) is 27.9 Å². The van der Waals surface area contributed by atoms with E-state index in [9.17, 15) is 24.5 Å². The van der Waals surface area contributed by atoms with Crippen LogP contribution in [-0.2, 0) is 9.59 Å². The molecular weight excluding hydrogens is 437 g/mol. The van der Waals surface area contributed by atoms with Gasteiger partial charge in [0.05, 0.1) is 27.3 Å². The number of nitro groups is 1. The van der Waals surface area contributed by atoms with Crippen molar-refractivity contribution in [3.8, 4) is 5.75 Å². The van der Waals surface area contributed by atoms with Gasteiger partial charge in [-0.15, -0.1) is 0 Å². The first-order valence-corrected chi connectivity index (χ1v) is 9.26. The number of anilines is 1. The molecule has 1 heterocycles. The molecule has 1 aliphatic rings. The number of urea groups is 1. The second-order valence-corrected chi connectivity index (χ2v) is 6.80. The fourth-order valence-electron chi connectivity index (χ4n) is 2.75. The van der Waals surface area contributed by atoms with Crippen molar-refractivity contribution in [2.75, 3.05) is 11.5 Å². The first-order valence-electron chi connectivity index (χ1n) is 8.50. The molecule has 1 saturated heterocycles. The standard InChI is InChI=1S/C19H13Cl2N3O6/c1-2-30-16-14(20)7-10(8-15(16)21)6-13-17(25)22-19(27)23(18(13)26)11-4-3-5-12(9-11)24(28)29/h3-9H,2H2,1H3,(H,22,25,27). The summed E-state index contributed by atoms with van der Waals surface area (Å²) in [7, 11) is 0. The van der Waals surface area contributed by atoms with Crippen molar-refractivity contribution >= 4 is 58.5 Å². The third-order valence-electron chi connectivity index (χ3n) is 4.02. The van der Waals surface area contributed by atoms with E-state index in [1.807, 2.05) is 5.32 Å². The van der Waals surface area contributed by atoms with E-state index in [1.165, 1.54) is 36.4 Å². The topological polar surface area (TPSA) is 119 Å². The number of non-ortho nitro benzene ring substituents is 1. The van der Waals surface area contributed by atoms with Crippen LogP contribution in [0.15, 0.2) is 42.0 Å². The van der Waals surface area contributed by atoms with E-state index in [0.717, 1.165) is 6.07 Å². The molecule has 4 amide bonds. The van der Waals surface area contributed by atoms with E-state index in [-0.39, 0.29) is 32.7 Å². The highest BCUT2D eigenvalue weighted by Gasteiger charge is 2.37. The summed E-state index contributed by atoms with van der Waals surface area (Å²) in [5.74, 6) is -1.62. The number of imide groups is 2. The van der Waals surface area contributed by atoms with Gasteiger partial charge in [0.1, 0.15) is 5.57 Å². The lowest BCUT2D eigenvalue weighted by atomic mass is 10.1. The van der Waals surface area contributed by atoms with Crippen LogP contribution in [0.4, 0.5) is 16.2 Å². The minimum Gasteiger partial charge on any atom is -0.491 e. The number of ether oxygens (including phenoxy) is 1. The lowest BCUT2D eigenvalue weighted by Gasteiger charge is -2.26. The van der Waals surface area contributed by atoms with E-state index in [1.54, 1.807) is 6.92 Å². The quantitative estimate of drug-likeness (QED) is 0.319. The van der Waals surface area contributed by atoms with Gasteiger partial charge in [-0.3, -0.25) is 25.0 Å².